The van der Waals surface area contributed by atoms with Crippen LogP contribution < -0.4 is 5.32 Å². The third kappa shape index (κ3) is 2.35. The highest BCUT2D eigenvalue weighted by molar-refractivity contribution is 7.22. The number of hydrogen-bond donors (Lipinski definition) is 1. The largest absolute Gasteiger partial charge is 0.357 e. The standard InChI is InChI=1S/C15H19N3S/c1-10-2-5-13-14(8-10)19-15(17-13)16-11-6-7-18(9-11)12-3-4-12/h2,5,8,11-12H,3-4,6-7,9H2,1H3,(H,16,17). The Morgan fingerprint density at radius 2 is 2.21 bits per heavy atom. The maximum atomic E-state index is 4.69. The van der Waals surface area contributed by atoms with Crippen LogP contribution in [0.4, 0.5) is 5.13 Å². The van der Waals surface area contributed by atoms with Gasteiger partial charge in [-0.15, -0.1) is 0 Å². The summed E-state index contributed by atoms with van der Waals surface area (Å²) in [4.78, 5) is 7.33. The fraction of sp³-hybridized carbons (Fsp3) is 0.533. The summed E-state index contributed by atoms with van der Waals surface area (Å²) < 4.78 is 1.29. The normalized spacial score (nSPS) is 24.2. The van der Waals surface area contributed by atoms with Gasteiger partial charge in [0.1, 0.15) is 0 Å². The number of likely N-dealkylation sites (tertiary alicyclic amines) is 1. The predicted octanol–water partition coefficient (Wildman–Crippen LogP) is 3.25. The molecule has 0 spiro atoms. The Morgan fingerprint density at radius 3 is 3.05 bits per heavy atom. The number of thiazole rings is 1. The number of benzene rings is 1. The van der Waals surface area contributed by atoms with Crippen molar-refractivity contribution in [3.63, 3.8) is 0 Å². The van der Waals surface area contributed by atoms with E-state index in [1.165, 1.54) is 42.6 Å². The summed E-state index contributed by atoms with van der Waals surface area (Å²) in [7, 11) is 0. The lowest BCUT2D eigenvalue weighted by molar-refractivity contribution is 0.326. The van der Waals surface area contributed by atoms with Gasteiger partial charge < -0.3 is 5.32 Å². The topological polar surface area (TPSA) is 28.2 Å². The first-order chi connectivity index (χ1) is 9.28. The molecule has 2 aliphatic rings. The molecule has 1 N–H and O–H groups in total. The number of nitrogens with one attached hydrogen (secondary N) is 1. The maximum Gasteiger partial charge on any atom is 0.184 e. The molecule has 1 aromatic heterocycles. The minimum absolute atomic E-state index is 0.585. The van der Waals surface area contributed by atoms with Crippen molar-refractivity contribution in [2.45, 2.75) is 38.3 Å². The summed E-state index contributed by atoms with van der Waals surface area (Å²) in [5.74, 6) is 0. The van der Waals surface area contributed by atoms with Crippen LogP contribution in [0.1, 0.15) is 24.8 Å². The van der Waals surface area contributed by atoms with E-state index in [2.05, 4.69) is 35.3 Å². The lowest BCUT2D eigenvalue weighted by atomic mass is 10.2. The van der Waals surface area contributed by atoms with Gasteiger partial charge in [-0.2, -0.15) is 0 Å². The highest BCUT2D eigenvalue weighted by Crippen LogP contribution is 2.32. The summed E-state index contributed by atoms with van der Waals surface area (Å²) in [5, 5.41) is 4.71. The third-order valence-corrected chi connectivity index (χ3v) is 5.10. The van der Waals surface area contributed by atoms with Crippen molar-refractivity contribution < 1.29 is 0 Å². The second-order valence-corrected chi connectivity index (χ2v) is 6.88. The number of anilines is 1. The van der Waals surface area contributed by atoms with Crippen molar-refractivity contribution in [1.82, 2.24) is 9.88 Å². The summed E-state index contributed by atoms with van der Waals surface area (Å²) in [6, 6.07) is 7.96. The minimum Gasteiger partial charge on any atom is -0.357 e. The Hall–Kier alpha value is -1.13. The van der Waals surface area contributed by atoms with E-state index in [9.17, 15) is 0 Å². The Balaban J connectivity index is 1.48. The minimum atomic E-state index is 0.585. The van der Waals surface area contributed by atoms with Gasteiger partial charge in [-0.05, 0) is 43.9 Å². The van der Waals surface area contributed by atoms with E-state index in [0.717, 1.165) is 16.7 Å². The molecule has 1 aliphatic heterocycles. The zero-order valence-electron chi connectivity index (χ0n) is 11.2. The van der Waals surface area contributed by atoms with Gasteiger partial charge in [0.25, 0.3) is 0 Å². The van der Waals surface area contributed by atoms with Gasteiger partial charge in [0, 0.05) is 25.2 Å². The molecule has 0 bridgehead atoms. The molecule has 0 amide bonds. The fourth-order valence-electron chi connectivity index (χ4n) is 2.94. The lowest BCUT2D eigenvalue weighted by Crippen LogP contribution is -2.27. The van der Waals surface area contributed by atoms with Gasteiger partial charge in [-0.3, -0.25) is 4.90 Å². The number of fused-ring (bicyclic) bond motifs is 1. The van der Waals surface area contributed by atoms with Gasteiger partial charge in [0.15, 0.2) is 5.13 Å². The molecule has 1 atom stereocenters. The van der Waals surface area contributed by atoms with Crippen LogP contribution in [0.5, 0.6) is 0 Å². The Bertz CT molecular complexity index is 602. The average Bonchev–Trinajstić information content (AvgIpc) is 3.01. The molecule has 4 rings (SSSR count). The fourth-order valence-corrected chi connectivity index (χ4v) is 3.99. The molecule has 1 saturated carbocycles. The van der Waals surface area contributed by atoms with Crippen molar-refractivity contribution in [3.05, 3.63) is 23.8 Å². The van der Waals surface area contributed by atoms with Crippen LogP contribution in [0.25, 0.3) is 10.2 Å². The first-order valence-electron chi connectivity index (χ1n) is 7.16. The van der Waals surface area contributed by atoms with E-state index in [1.54, 1.807) is 11.3 Å². The predicted molar refractivity (Wildman–Crippen MR) is 81.0 cm³/mol. The van der Waals surface area contributed by atoms with Crippen molar-refractivity contribution in [2.75, 3.05) is 18.4 Å². The molecular formula is C15H19N3S. The zero-order valence-corrected chi connectivity index (χ0v) is 12.0. The molecular weight excluding hydrogens is 254 g/mol. The summed E-state index contributed by atoms with van der Waals surface area (Å²) in [6.07, 6.45) is 4.08. The van der Waals surface area contributed by atoms with E-state index in [0.29, 0.717) is 6.04 Å². The Morgan fingerprint density at radius 1 is 1.32 bits per heavy atom. The van der Waals surface area contributed by atoms with Gasteiger partial charge in [-0.25, -0.2) is 4.98 Å². The SMILES string of the molecule is Cc1ccc2nc(NC3CCN(C4CC4)C3)sc2c1. The van der Waals surface area contributed by atoms with Gasteiger partial charge in [0.2, 0.25) is 0 Å². The molecule has 4 heteroatoms. The van der Waals surface area contributed by atoms with E-state index >= 15 is 0 Å². The quantitative estimate of drug-likeness (QED) is 0.930. The molecule has 1 unspecified atom stereocenters. The number of rotatable bonds is 3. The Labute approximate surface area is 117 Å². The monoisotopic (exact) mass is 273 g/mol. The molecule has 3 nitrogen and oxygen atoms in total. The number of aryl methyl sites for hydroxylation is 1. The van der Waals surface area contributed by atoms with Crippen LogP contribution in [0.15, 0.2) is 18.2 Å². The molecule has 2 fully saturated rings. The molecule has 1 aromatic carbocycles. The van der Waals surface area contributed by atoms with Crippen LogP contribution in [0.2, 0.25) is 0 Å². The zero-order chi connectivity index (χ0) is 12.8. The molecule has 100 valence electrons. The smallest absolute Gasteiger partial charge is 0.184 e. The summed E-state index contributed by atoms with van der Waals surface area (Å²) >= 11 is 1.78. The van der Waals surface area contributed by atoms with Crippen molar-refractivity contribution in [1.29, 1.82) is 0 Å². The van der Waals surface area contributed by atoms with Crippen LogP contribution in [0.3, 0.4) is 0 Å². The van der Waals surface area contributed by atoms with Crippen molar-refractivity contribution in [2.24, 2.45) is 0 Å². The second-order valence-electron chi connectivity index (χ2n) is 5.85. The number of aromatic nitrogens is 1. The first kappa shape index (κ1) is 11.7. The average molecular weight is 273 g/mol. The van der Waals surface area contributed by atoms with E-state index in [1.807, 2.05) is 0 Å². The van der Waals surface area contributed by atoms with E-state index < -0.39 is 0 Å². The van der Waals surface area contributed by atoms with Crippen LogP contribution >= 0.6 is 11.3 Å². The molecule has 1 aliphatic carbocycles. The first-order valence-corrected chi connectivity index (χ1v) is 7.97. The van der Waals surface area contributed by atoms with Gasteiger partial charge in [-0.1, -0.05) is 17.4 Å². The Kier molecular flexibility index (Phi) is 2.74. The highest BCUT2D eigenvalue weighted by atomic mass is 32.1. The van der Waals surface area contributed by atoms with Crippen LogP contribution in [-0.2, 0) is 0 Å². The number of hydrogen-bond acceptors (Lipinski definition) is 4. The highest BCUT2D eigenvalue weighted by Gasteiger charge is 2.34. The van der Waals surface area contributed by atoms with Crippen molar-refractivity contribution >= 4 is 26.7 Å². The van der Waals surface area contributed by atoms with Gasteiger partial charge in [0.05, 0.1) is 10.2 Å². The molecule has 0 radical (unpaired) electrons. The van der Waals surface area contributed by atoms with Crippen LogP contribution in [0, 0.1) is 6.92 Å². The van der Waals surface area contributed by atoms with E-state index in [4.69, 9.17) is 4.98 Å². The molecule has 1 saturated heterocycles. The summed E-state index contributed by atoms with van der Waals surface area (Å²) in [5.41, 5.74) is 2.43. The molecule has 2 aromatic rings. The van der Waals surface area contributed by atoms with E-state index in [-0.39, 0.29) is 0 Å². The molecule has 2 heterocycles. The lowest BCUT2D eigenvalue weighted by Gasteiger charge is -2.15. The third-order valence-electron chi connectivity index (χ3n) is 4.15. The second kappa shape index (κ2) is 4.46. The molecule has 19 heavy (non-hydrogen) atoms. The van der Waals surface area contributed by atoms with Crippen LogP contribution in [-0.4, -0.2) is 35.1 Å². The maximum absolute atomic E-state index is 4.69. The van der Waals surface area contributed by atoms with Gasteiger partial charge >= 0.3 is 0 Å². The number of nitrogens with zero attached hydrogens (tertiary/aromatic N) is 2. The summed E-state index contributed by atoms with van der Waals surface area (Å²) in [6.45, 7) is 4.59. The van der Waals surface area contributed by atoms with Crippen molar-refractivity contribution in [3.8, 4) is 0 Å².